The third-order valence-corrected chi connectivity index (χ3v) is 4.23. The van der Waals surface area contributed by atoms with Gasteiger partial charge in [-0.05, 0) is 47.8 Å². The molecule has 1 N–H and O–H groups in total. The summed E-state index contributed by atoms with van der Waals surface area (Å²) in [4.78, 5) is 0. The van der Waals surface area contributed by atoms with Gasteiger partial charge in [-0.15, -0.1) is 0 Å². The summed E-state index contributed by atoms with van der Waals surface area (Å²) in [6, 6.07) is 4.46. The third kappa shape index (κ3) is 5.73. The van der Waals surface area contributed by atoms with E-state index >= 15 is 0 Å². The lowest BCUT2D eigenvalue weighted by Crippen LogP contribution is -2.12. The molecule has 0 aromatic heterocycles. The van der Waals surface area contributed by atoms with Gasteiger partial charge in [-0.1, -0.05) is 72.4 Å². The van der Waals surface area contributed by atoms with Crippen molar-refractivity contribution in [3.63, 3.8) is 0 Å². The highest BCUT2D eigenvalue weighted by Gasteiger charge is 2.18. The Kier molecular flexibility index (Phi) is 7.28. The molecule has 0 bridgehead atoms. The molecule has 1 heteroatoms. The van der Waals surface area contributed by atoms with Crippen molar-refractivity contribution < 1.29 is 5.11 Å². The fourth-order valence-corrected chi connectivity index (χ4v) is 2.71. The Balaban J connectivity index is 3.01. The first-order chi connectivity index (χ1) is 9.90. The van der Waals surface area contributed by atoms with Crippen molar-refractivity contribution in [2.24, 2.45) is 0 Å². The summed E-state index contributed by atoms with van der Waals surface area (Å²) in [7, 11) is 0. The van der Waals surface area contributed by atoms with Gasteiger partial charge in [0, 0.05) is 0 Å². The Morgan fingerprint density at radius 1 is 0.810 bits per heavy atom. The zero-order chi connectivity index (χ0) is 15.9. The van der Waals surface area contributed by atoms with Crippen molar-refractivity contribution in [1.29, 1.82) is 0 Å². The highest BCUT2D eigenvalue weighted by molar-refractivity contribution is 5.46. The molecule has 0 radical (unpaired) electrons. The standard InChI is InChI=1S/C20H34O/c1-6-8-10-12-16-14-18(20(3,4)5)15-17(19(16)21)13-11-9-7-2/h14-15,21H,6-13H2,1-5H3. The molecule has 0 aliphatic heterocycles. The number of hydrogen-bond donors (Lipinski definition) is 1. The van der Waals surface area contributed by atoms with Crippen molar-refractivity contribution >= 4 is 0 Å². The molecule has 1 rings (SSSR count). The molecular weight excluding hydrogens is 256 g/mol. The van der Waals surface area contributed by atoms with Crippen molar-refractivity contribution in [2.45, 2.75) is 91.4 Å². The average molecular weight is 290 g/mol. The summed E-state index contributed by atoms with van der Waals surface area (Å²) in [5, 5.41) is 10.6. The second-order valence-corrected chi connectivity index (χ2v) is 7.31. The summed E-state index contributed by atoms with van der Waals surface area (Å²) in [5.41, 5.74) is 3.82. The van der Waals surface area contributed by atoms with Gasteiger partial charge in [0.2, 0.25) is 0 Å². The molecule has 0 atom stereocenters. The molecule has 1 aromatic carbocycles. The minimum absolute atomic E-state index is 0.146. The van der Waals surface area contributed by atoms with Crippen LogP contribution in [0, 0.1) is 0 Å². The summed E-state index contributed by atoms with van der Waals surface area (Å²) >= 11 is 0. The molecule has 1 nitrogen and oxygen atoms in total. The molecule has 0 aliphatic rings. The van der Waals surface area contributed by atoms with Crippen molar-refractivity contribution in [3.05, 3.63) is 28.8 Å². The maximum absolute atomic E-state index is 10.6. The number of phenolic OH excluding ortho intramolecular Hbond substituents is 1. The minimum atomic E-state index is 0.146. The molecule has 21 heavy (non-hydrogen) atoms. The van der Waals surface area contributed by atoms with Gasteiger partial charge in [-0.2, -0.15) is 0 Å². The summed E-state index contributed by atoms with van der Waals surface area (Å²) in [5.74, 6) is 0.565. The van der Waals surface area contributed by atoms with Gasteiger partial charge in [0.25, 0.3) is 0 Å². The van der Waals surface area contributed by atoms with Crippen LogP contribution in [0.25, 0.3) is 0 Å². The number of benzene rings is 1. The van der Waals surface area contributed by atoms with Gasteiger partial charge in [0.05, 0.1) is 0 Å². The van der Waals surface area contributed by atoms with Crippen LogP contribution in [0.5, 0.6) is 5.75 Å². The quantitative estimate of drug-likeness (QED) is 0.569. The van der Waals surface area contributed by atoms with E-state index < -0.39 is 0 Å². The second-order valence-electron chi connectivity index (χ2n) is 7.31. The van der Waals surface area contributed by atoms with Gasteiger partial charge in [0.15, 0.2) is 0 Å². The lowest BCUT2D eigenvalue weighted by Gasteiger charge is -2.22. The Morgan fingerprint density at radius 2 is 1.24 bits per heavy atom. The number of phenols is 1. The highest BCUT2D eigenvalue weighted by Crippen LogP contribution is 2.33. The SMILES string of the molecule is CCCCCc1cc(C(C)(C)C)cc(CCCCC)c1O. The van der Waals surface area contributed by atoms with E-state index in [1.807, 2.05) is 0 Å². The van der Waals surface area contributed by atoms with Crippen LogP contribution in [0.3, 0.4) is 0 Å². The van der Waals surface area contributed by atoms with Crippen molar-refractivity contribution in [1.82, 2.24) is 0 Å². The largest absolute Gasteiger partial charge is 0.507 e. The summed E-state index contributed by atoms with van der Waals surface area (Å²) in [6.07, 6.45) is 9.29. The molecule has 0 heterocycles. The lowest BCUT2D eigenvalue weighted by molar-refractivity contribution is 0.456. The number of hydrogen-bond acceptors (Lipinski definition) is 1. The lowest BCUT2D eigenvalue weighted by atomic mass is 9.83. The van der Waals surface area contributed by atoms with Crippen LogP contribution in [0.1, 0.15) is 89.8 Å². The van der Waals surface area contributed by atoms with E-state index in [1.54, 1.807) is 0 Å². The fraction of sp³-hybridized carbons (Fsp3) is 0.700. The van der Waals surface area contributed by atoms with Gasteiger partial charge in [-0.3, -0.25) is 0 Å². The van der Waals surface area contributed by atoms with Crippen molar-refractivity contribution in [3.8, 4) is 5.75 Å². The van der Waals surface area contributed by atoms with Crippen LogP contribution in [-0.4, -0.2) is 5.11 Å². The van der Waals surface area contributed by atoms with E-state index in [-0.39, 0.29) is 5.41 Å². The van der Waals surface area contributed by atoms with Gasteiger partial charge in [-0.25, -0.2) is 0 Å². The predicted octanol–water partition coefficient (Wildman–Crippen LogP) is 6.16. The molecule has 1 aromatic rings. The topological polar surface area (TPSA) is 20.2 Å². The maximum Gasteiger partial charge on any atom is 0.121 e. The monoisotopic (exact) mass is 290 g/mol. The van der Waals surface area contributed by atoms with E-state index in [9.17, 15) is 5.11 Å². The average Bonchev–Trinajstić information content (AvgIpc) is 2.41. The summed E-state index contributed by atoms with van der Waals surface area (Å²) in [6.45, 7) is 11.2. The summed E-state index contributed by atoms with van der Waals surface area (Å²) < 4.78 is 0. The Morgan fingerprint density at radius 3 is 1.57 bits per heavy atom. The number of unbranched alkanes of at least 4 members (excludes halogenated alkanes) is 4. The highest BCUT2D eigenvalue weighted by atomic mass is 16.3. The van der Waals surface area contributed by atoms with Gasteiger partial charge >= 0.3 is 0 Å². The van der Waals surface area contributed by atoms with Crippen molar-refractivity contribution in [2.75, 3.05) is 0 Å². The maximum atomic E-state index is 10.6. The molecule has 0 unspecified atom stereocenters. The second kappa shape index (κ2) is 8.46. The van der Waals surface area contributed by atoms with Gasteiger partial charge < -0.3 is 5.11 Å². The van der Waals surface area contributed by atoms with E-state index in [4.69, 9.17) is 0 Å². The molecule has 0 saturated heterocycles. The smallest absolute Gasteiger partial charge is 0.121 e. The first-order valence-corrected chi connectivity index (χ1v) is 8.75. The van der Waals surface area contributed by atoms with Crippen LogP contribution in [0.15, 0.2) is 12.1 Å². The molecule has 0 fully saturated rings. The molecule has 0 amide bonds. The zero-order valence-electron chi connectivity index (χ0n) is 14.8. The third-order valence-electron chi connectivity index (χ3n) is 4.23. The van der Waals surface area contributed by atoms with Crippen LogP contribution in [0.2, 0.25) is 0 Å². The number of aryl methyl sites for hydroxylation is 2. The molecule has 0 spiro atoms. The van der Waals surface area contributed by atoms with Crippen LogP contribution in [0.4, 0.5) is 0 Å². The molecule has 0 aliphatic carbocycles. The Bertz CT molecular complexity index is 395. The minimum Gasteiger partial charge on any atom is -0.507 e. The number of aromatic hydroxyl groups is 1. The molecule has 0 saturated carbocycles. The van der Waals surface area contributed by atoms with Crippen LogP contribution < -0.4 is 0 Å². The van der Waals surface area contributed by atoms with E-state index in [0.717, 1.165) is 24.0 Å². The first-order valence-electron chi connectivity index (χ1n) is 8.75. The predicted molar refractivity (Wildman–Crippen MR) is 93.3 cm³/mol. The fourth-order valence-electron chi connectivity index (χ4n) is 2.71. The molecular formula is C20H34O. The van der Waals surface area contributed by atoms with Crippen LogP contribution >= 0.6 is 0 Å². The van der Waals surface area contributed by atoms with E-state index in [1.165, 1.54) is 44.1 Å². The molecule has 120 valence electrons. The Labute approximate surface area is 131 Å². The van der Waals surface area contributed by atoms with Crippen LogP contribution in [-0.2, 0) is 18.3 Å². The number of rotatable bonds is 8. The normalized spacial score (nSPS) is 11.9. The van der Waals surface area contributed by atoms with E-state index in [0.29, 0.717) is 5.75 Å². The first kappa shape index (κ1) is 18.1. The zero-order valence-corrected chi connectivity index (χ0v) is 14.8. The Hall–Kier alpha value is -0.980. The van der Waals surface area contributed by atoms with E-state index in [2.05, 4.69) is 46.8 Å². The van der Waals surface area contributed by atoms with Gasteiger partial charge in [0.1, 0.15) is 5.75 Å².